The van der Waals surface area contributed by atoms with Gasteiger partial charge in [-0.3, -0.25) is 4.79 Å². The summed E-state index contributed by atoms with van der Waals surface area (Å²) in [6.07, 6.45) is -3.20. The number of nitrogens with zero attached hydrogens (tertiary/aromatic N) is 1. The summed E-state index contributed by atoms with van der Waals surface area (Å²) in [4.78, 5) is 15.9. The van der Waals surface area contributed by atoms with E-state index in [1.807, 2.05) is 0 Å². The van der Waals surface area contributed by atoms with Crippen LogP contribution in [-0.2, 0) is 12.6 Å². The average molecular weight is 334 g/mol. The summed E-state index contributed by atoms with van der Waals surface area (Å²) < 4.78 is 37.3. The number of aromatic nitrogens is 1. The van der Waals surface area contributed by atoms with Gasteiger partial charge in [-0.1, -0.05) is 35.3 Å². The number of benzene rings is 1. The minimum Gasteiger partial charge on any atom is -0.292 e. The predicted octanol–water partition coefficient (Wildman–Crippen LogP) is 4.83. The lowest BCUT2D eigenvalue weighted by atomic mass is 10.0. The summed E-state index contributed by atoms with van der Waals surface area (Å²) in [5.74, 6) is -0.392. The molecule has 0 aliphatic carbocycles. The Balaban J connectivity index is 2.16. The largest absolute Gasteiger partial charge is 0.416 e. The van der Waals surface area contributed by atoms with E-state index in [1.54, 1.807) is 0 Å². The lowest BCUT2D eigenvalue weighted by Gasteiger charge is -2.07. The van der Waals surface area contributed by atoms with E-state index in [-0.39, 0.29) is 17.1 Å². The number of ketones is 1. The molecule has 0 radical (unpaired) electrons. The monoisotopic (exact) mass is 333 g/mol. The zero-order valence-electron chi connectivity index (χ0n) is 10.4. The Hall–Kier alpha value is -1.59. The molecule has 0 bridgehead atoms. The molecule has 1 aromatic carbocycles. The fourth-order valence-corrected chi connectivity index (χ4v) is 2.19. The van der Waals surface area contributed by atoms with Crippen LogP contribution in [-0.4, -0.2) is 10.8 Å². The van der Waals surface area contributed by atoms with Crippen LogP contribution in [0.5, 0.6) is 0 Å². The molecule has 2 rings (SSSR count). The van der Waals surface area contributed by atoms with Crippen LogP contribution in [0.1, 0.15) is 21.6 Å². The molecule has 0 amide bonds. The van der Waals surface area contributed by atoms with Crippen molar-refractivity contribution in [3.05, 3.63) is 63.4 Å². The molecule has 0 fully saturated rings. The highest BCUT2D eigenvalue weighted by molar-refractivity contribution is 6.36. The van der Waals surface area contributed by atoms with Crippen LogP contribution in [0.3, 0.4) is 0 Å². The smallest absolute Gasteiger partial charge is 0.292 e. The van der Waals surface area contributed by atoms with E-state index in [0.717, 1.165) is 12.1 Å². The number of hydrogen-bond donors (Lipinski definition) is 0. The SMILES string of the molecule is O=C(Cc1ccc(C(F)(F)F)cc1)c1ncc(Cl)cc1Cl. The summed E-state index contributed by atoms with van der Waals surface area (Å²) >= 11 is 11.5. The maximum Gasteiger partial charge on any atom is 0.416 e. The Morgan fingerprint density at radius 2 is 1.76 bits per heavy atom. The molecular weight excluding hydrogens is 326 g/mol. The van der Waals surface area contributed by atoms with E-state index in [1.165, 1.54) is 24.4 Å². The maximum atomic E-state index is 12.4. The molecule has 7 heteroatoms. The van der Waals surface area contributed by atoms with Crippen LogP contribution >= 0.6 is 23.2 Å². The highest BCUT2D eigenvalue weighted by Gasteiger charge is 2.30. The predicted molar refractivity (Wildman–Crippen MR) is 73.7 cm³/mol. The third kappa shape index (κ3) is 3.95. The third-order valence-electron chi connectivity index (χ3n) is 2.72. The molecule has 110 valence electrons. The van der Waals surface area contributed by atoms with Gasteiger partial charge in [0.1, 0.15) is 5.69 Å². The van der Waals surface area contributed by atoms with Crippen LogP contribution in [0, 0.1) is 0 Å². The minimum absolute atomic E-state index is 0.0426. The van der Waals surface area contributed by atoms with Crippen molar-refractivity contribution in [1.82, 2.24) is 4.98 Å². The number of hydrogen-bond acceptors (Lipinski definition) is 2. The first-order chi connectivity index (χ1) is 9.77. The number of carbonyl (C=O) groups excluding carboxylic acids is 1. The number of halogens is 5. The van der Waals surface area contributed by atoms with Crippen molar-refractivity contribution in [2.75, 3.05) is 0 Å². The summed E-state index contributed by atoms with van der Waals surface area (Å²) in [5.41, 5.74) is -0.275. The van der Waals surface area contributed by atoms with Gasteiger partial charge in [0.2, 0.25) is 0 Å². The second-order valence-electron chi connectivity index (χ2n) is 4.28. The number of carbonyl (C=O) groups is 1. The van der Waals surface area contributed by atoms with Crippen LogP contribution in [0.15, 0.2) is 36.5 Å². The van der Waals surface area contributed by atoms with Crippen molar-refractivity contribution in [2.24, 2.45) is 0 Å². The Morgan fingerprint density at radius 1 is 1.14 bits per heavy atom. The molecule has 1 heterocycles. The Kier molecular flexibility index (Phi) is 4.54. The number of alkyl halides is 3. The van der Waals surface area contributed by atoms with Crippen LogP contribution in [0.25, 0.3) is 0 Å². The Bertz CT molecular complexity index is 669. The fraction of sp³-hybridized carbons (Fsp3) is 0.143. The first-order valence-electron chi connectivity index (χ1n) is 5.78. The first kappa shape index (κ1) is 15.8. The lowest BCUT2D eigenvalue weighted by Crippen LogP contribution is -2.08. The number of Topliss-reactive ketones (excluding diaryl/α,β-unsaturated/α-hetero) is 1. The Morgan fingerprint density at radius 3 is 2.29 bits per heavy atom. The molecular formula is C14H8Cl2F3NO. The molecule has 2 aromatic rings. The van der Waals surface area contributed by atoms with Crippen molar-refractivity contribution < 1.29 is 18.0 Å². The standard InChI is InChI=1S/C14H8Cl2F3NO/c15-10-6-11(16)13(20-7-10)12(21)5-8-1-3-9(4-2-8)14(17,18)19/h1-4,6-7H,5H2. The van der Waals surface area contributed by atoms with Crippen molar-refractivity contribution in [3.63, 3.8) is 0 Å². The van der Waals surface area contributed by atoms with Gasteiger partial charge in [-0.15, -0.1) is 0 Å². The molecule has 0 atom stereocenters. The molecule has 0 aliphatic heterocycles. The zero-order chi connectivity index (χ0) is 15.6. The van der Waals surface area contributed by atoms with E-state index in [4.69, 9.17) is 23.2 Å². The number of rotatable bonds is 3. The molecule has 2 nitrogen and oxygen atoms in total. The van der Waals surface area contributed by atoms with Gasteiger partial charge in [-0.2, -0.15) is 13.2 Å². The van der Waals surface area contributed by atoms with Crippen molar-refractivity contribution in [3.8, 4) is 0 Å². The normalized spacial score (nSPS) is 11.5. The third-order valence-corrected chi connectivity index (χ3v) is 3.21. The van der Waals surface area contributed by atoms with Crippen molar-refractivity contribution in [1.29, 1.82) is 0 Å². The summed E-state index contributed by atoms with van der Waals surface area (Å²) in [6.45, 7) is 0. The highest BCUT2D eigenvalue weighted by atomic mass is 35.5. The van der Waals surface area contributed by atoms with Crippen molar-refractivity contribution in [2.45, 2.75) is 12.6 Å². The molecule has 0 aliphatic rings. The van der Waals surface area contributed by atoms with Gasteiger partial charge in [0, 0.05) is 12.6 Å². The average Bonchev–Trinajstić information content (AvgIpc) is 2.38. The highest BCUT2D eigenvalue weighted by Crippen LogP contribution is 2.29. The van der Waals surface area contributed by atoms with Crippen LogP contribution in [0.4, 0.5) is 13.2 Å². The van der Waals surface area contributed by atoms with Gasteiger partial charge in [0.05, 0.1) is 15.6 Å². The topological polar surface area (TPSA) is 30.0 Å². The molecule has 0 unspecified atom stereocenters. The van der Waals surface area contributed by atoms with Gasteiger partial charge in [-0.25, -0.2) is 4.98 Å². The molecule has 0 N–H and O–H groups in total. The first-order valence-corrected chi connectivity index (χ1v) is 6.53. The lowest BCUT2D eigenvalue weighted by molar-refractivity contribution is -0.137. The molecule has 0 saturated carbocycles. The van der Waals surface area contributed by atoms with Gasteiger partial charge < -0.3 is 0 Å². The van der Waals surface area contributed by atoms with Crippen LogP contribution in [0.2, 0.25) is 10.0 Å². The summed E-state index contributed by atoms with van der Waals surface area (Å²) in [6, 6.07) is 5.75. The summed E-state index contributed by atoms with van der Waals surface area (Å²) in [5, 5.41) is 0.408. The molecule has 21 heavy (non-hydrogen) atoms. The van der Waals surface area contributed by atoms with Gasteiger partial charge in [0.25, 0.3) is 0 Å². The maximum absolute atomic E-state index is 12.4. The van der Waals surface area contributed by atoms with Gasteiger partial charge in [0.15, 0.2) is 5.78 Å². The van der Waals surface area contributed by atoms with E-state index in [0.29, 0.717) is 10.6 Å². The van der Waals surface area contributed by atoms with E-state index in [2.05, 4.69) is 4.98 Å². The number of pyridine rings is 1. The van der Waals surface area contributed by atoms with E-state index in [9.17, 15) is 18.0 Å². The second-order valence-corrected chi connectivity index (χ2v) is 5.12. The van der Waals surface area contributed by atoms with Gasteiger partial charge >= 0.3 is 6.18 Å². The second kappa shape index (κ2) is 6.03. The van der Waals surface area contributed by atoms with Crippen molar-refractivity contribution >= 4 is 29.0 Å². The van der Waals surface area contributed by atoms with Crippen LogP contribution < -0.4 is 0 Å². The zero-order valence-corrected chi connectivity index (χ0v) is 11.9. The summed E-state index contributed by atoms with van der Waals surface area (Å²) in [7, 11) is 0. The molecule has 0 saturated heterocycles. The quantitative estimate of drug-likeness (QED) is 0.753. The molecule has 0 spiro atoms. The molecule has 1 aromatic heterocycles. The van der Waals surface area contributed by atoms with Gasteiger partial charge in [-0.05, 0) is 23.8 Å². The fourth-order valence-electron chi connectivity index (χ4n) is 1.70. The minimum atomic E-state index is -4.40. The van der Waals surface area contributed by atoms with E-state index < -0.39 is 17.5 Å². The van der Waals surface area contributed by atoms with E-state index >= 15 is 0 Å². The Labute approximate surface area is 128 Å².